The largest absolute Gasteiger partial charge is 0.394 e. The summed E-state index contributed by atoms with van der Waals surface area (Å²) in [6.45, 7) is 6.47. The van der Waals surface area contributed by atoms with Gasteiger partial charge in [-0.1, -0.05) is 19.1 Å². The lowest BCUT2D eigenvalue weighted by Gasteiger charge is -2.23. The van der Waals surface area contributed by atoms with Crippen LogP contribution in [0.15, 0.2) is 30.5 Å². The molecule has 1 saturated heterocycles. The first-order valence-corrected chi connectivity index (χ1v) is 13.1. The second-order valence-electron chi connectivity index (χ2n) is 9.97. The SMILES string of the molecule is CCC(CO)Nc1cc(NCC2CCOCC2)n2ncc(-c3ccc(C(=O)NC4CC4)c(C)c3)c2n1. The number of hydrogen-bond acceptors (Lipinski definition) is 7. The van der Waals surface area contributed by atoms with Crippen LogP contribution in [-0.4, -0.2) is 64.1 Å². The fourth-order valence-corrected chi connectivity index (χ4v) is 4.63. The van der Waals surface area contributed by atoms with E-state index >= 15 is 0 Å². The molecule has 0 radical (unpaired) electrons. The molecule has 1 aromatic carbocycles. The predicted molar refractivity (Wildman–Crippen MR) is 140 cm³/mol. The normalized spacial score (nSPS) is 17.2. The Morgan fingerprint density at radius 1 is 1.22 bits per heavy atom. The highest BCUT2D eigenvalue weighted by molar-refractivity contribution is 5.97. The molecule has 0 spiro atoms. The van der Waals surface area contributed by atoms with E-state index in [1.165, 1.54) is 0 Å². The van der Waals surface area contributed by atoms with Crippen LogP contribution in [0, 0.1) is 12.8 Å². The van der Waals surface area contributed by atoms with Gasteiger partial charge in [0.2, 0.25) is 0 Å². The van der Waals surface area contributed by atoms with Crippen LogP contribution in [0.4, 0.5) is 11.6 Å². The highest BCUT2D eigenvalue weighted by Gasteiger charge is 2.25. The molecule has 9 heteroatoms. The number of aliphatic hydroxyl groups is 1. The maximum atomic E-state index is 12.6. The number of aliphatic hydroxyl groups excluding tert-OH is 1. The van der Waals surface area contributed by atoms with Crippen molar-refractivity contribution in [2.24, 2.45) is 5.92 Å². The van der Waals surface area contributed by atoms with Crippen LogP contribution in [0.25, 0.3) is 16.8 Å². The van der Waals surface area contributed by atoms with E-state index < -0.39 is 0 Å². The monoisotopic (exact) mass is 492 g/mol. The summed E-state index contributed by atoms with van der Waals surface area (Å²) in [6, 6.07) is 8.07. The lowest BCUT2D eigenvalue weighted by atomic mass is 10.0. The van der Waals surface area contributed by atoms with Crippen molar-refractivity contribution in [2.45, 2.75) is 58.0 Å². The summed E-state index contributed by atoms with van der Waals surface area (Å²) in [5.74, 6) is 2.08. The lowest BCUT2D eigenvalue weighted by Crippen LogP contribution is -2.26. The molecule has 1 unspecified atom stereocenters. The number of aromatic nitrogens is 3. The predicted octanol–water partition coefficient (Wildman–Crippen LogP) is 3.62. The zero-order valence-corrected chi connectivity index (χ0v) is 21.1. The smallest absolute Gasteiger partial charge is 0.251 e. The van der Waals surface area contributed by atoms with Gasteiger partial charge in [0.25, 0.3) is 5.91 Å². The summed E-state index contributed by atoms with van der Waals surface area (Å²) in [5.41, 5.74) is 4.19. The maximum Gasteiger partial charge on any atom is 0.251 e. The summed E-state index contributed by atoms with van der Waals surface area (Å²) < 4.78 is 7.34. The molecule has 1 aliphatic carbocycles. The Labute approximate surface area is 211 Å². The summed E-state index contributed by atoms with van der Waals surface area (Å²) in [6.07, 6.45) is 6.82. The molecule has 9 nitrogen and oxygen atoms in total. The van der Waals surface area contributed by atoms with Crippen LogP contribution in [-0.2, 0) is 4.74 Å². The number of nitrogens with zero attached hydrogens (tertiary/aromatic N) is 3. The van der Waals surface area contributed by atoms with Crippen LogP contribution in [0.3, 0.4) is 0 Å². The first kappa shape index (κ1) is 24.5. The molecule has 0 bridgehead atoms. The second kappa shape index (κ2) is 10.8. The van der Waals surface area contributed by atoms with Crippen LogP contribution < -0.4 is 16.0 Å². The van der Waals surface area contributed by atoms with Gasteiger partial charge in [0.15, 0.2) is 5.65 Å². The standard InChI is InChI=1S/C27H36N6O3/c1-3-20(16-34)30-24-13-25(28-14-18-8-10-36-11-9-18)33-26(32-24)23(15-29-33)19-4-7-22(17(2)12-19)27(35)31-21-5-6-21/h4,7,12-13,15,18,20-21,28,34H,3,5-6,8-11,14,16H2,1-2H3,(H,30,32)(H,31,35). The molecule has 2 aromatic heterocycles. The van der Waals surface area contributed by atoms with E-state index in [4.69, 9.17) is 9.72 Å². The molecule has 36 heavy (non-hydrogen) atoms. The minimum atomic E-state index is -0.0822. The summed E-state index contributed by atoms with van der Waals surface area (Å²) in [7, 11) is 0. The van der Waals surface area contributed by atoms with Crippen LogP contribution in [0.5, 0.6) is 0 Å². The Morgan fingerprint density at radius 3 is 2.72 bits per heavy atom. The van der Waals surface area contributed by atoms with Gasteiger partial charge in [-0.25, -0.2) is 4.98 Å². The maximum absolute atomic E-state index is 12.6. The summed E-state index contributed by atoms with van der Waals surface area (Å²) in [5, 5.41) is 24.4. The first-order valence-electron chi connectivity index (χ1n) is 13.1. The van der Waals surface area contributed by atoms with Crippen LogP contribution in [0.1, 0.15) is 54.9 Å². The van der Waals surface area contributed by atoms with Crippen LogP contribution in [0.2, 0.25) is 0 Å². The number of benzene rings is 1. The van der Waals surface area contributed by atoms with Crippen molar-refractivity contribution in [2.75, 3.05) is 37.0 Å². The molecular formula is C27H36N6O3. The Morgan fingerprint density at radius 2 is 2.03 bits per heavy atom. The Bertz CT molecular complexity index is 1210. The van der Waals surface area contributed by atoms with Gasteiger partial charge in [-0.05, 0) is 62.1 Å². The average Bonchev–Trinajstić information content (AvgIpc) is 3.61. The number of aryl methyl sites for hydroxylation is 1. The van der Waals surface area contributed by atoms with E-state index in [0.29, 0.717) is 23.3 Å². The third-order valence-corrected chi connectivity index (χ3v) is 7.14. The van der Waals surface area contributed by atoms with Gasteiger partial charge in [0.05, 0.1) is 18.8 Å². The molecule has 2 fully saturated rings. The highest BCUT2D eigenvalue weighted by atomic mass is 16.5. The van der Waals surface area contributed by atoms with Gasteiger partial charge in [-0.2, -0.15) is 9.61 Å². The quantitative estimate of drug-likeness (QED) is 0.342. The van der Waals surface area contributed by atoms with E-state index in [1.807, 2.05) is 48.8 Å². The third-order valence-electron chi connectivity index (χ3n) is 7.14. The zero-order chi connectivity index (χ0) is 25.1. The van der Waals surface area contributed by atoms with Gasteiger partial charge in [0.1, 0.15) is 11.6 Å². The Balaban J connectivity index is 1.47. The number of carbonyl (C=O) groups is 1. The molecule has 4 N–H and O–H groups in total. The highest BCUT2D eigenvalue weighted by Crippen LogP contribution is 2.30. The van der Waals surface area contributed by atoms with Crippen molar-refractivity contribution in [1.82, 2.24) is 19.9 Å². The van der Waals surface area contributed by atoms with E-state index in [-0.39, 0.29) is 18.6 Å². The van der Waals surface area contributed by atoms with Crippen molar-refractivity contribution < 1.29 is 14.6 Å². The number of fused-ring (bicyclic) bond motifs is 1. The number of anilines is 2. The van der Waals surface area contributed by atoms with E-state index in [1.54, 1.807) is 0 Å². The number of nitrogens with one attached hydrogen (secondary N) is 3. The summed E-state index contributed by atoms with van der Waals surface area (Å²) in [4.78, 5) is 17.5. The molecule has 192 valence electrons. The number of rotatable bonds is 10. The average molecular weight is 493 g/mol. The van der Waals surface area contributed by atoms with Crippen molar-refractivity contribution in [3.8, 4) is 11.1 Å². The molecule has 3 aromatic rings. The van der Waals surface area contributed by atoms with Crippen LogP contribution >= 0.6 is 0 Å². The molecule has 2 aliphatic rings. The third kappa shape index (κ3) is 5.47. The zero-order valence-electron chi connectivity index (χ0n) is 21.1. The van der Waals surface area contributed by atoms with Gasteiger partial charge in [-0.3, -0.25) is 4.79 Å². The number of hydrogen-bond donors (Lipinski definition) is 4. The van der Waals surface area contributed by atoms with Gasteiger partial charge < -0.3 is 25.8 Å². The molecule has 1 aliphatic heterocycles. The number of carbonyl (C=O) groups excluding carboxylic acids is 1. The fraction of sp³-hybridized carbons (Fsp3) is 0.519. The topological polar surface area (TPSA) is 113 Å². The van der Waals surface area contributed by atoms with Gasteiger partial charge in [0, 0.05) is 43.0 Å². The van der Waals surface area contributed by atoms with Gasteiger partial charge in [-0.15, -0.1) is 0 Å². The second-order valence-corrected chi connectivity index (χ2v) is 9.97. The molecule has 1 atom stereocenters. The fourth-order valence-electron chi connectivity index (χ4n) is 4.63. The minimum absolute atomic E-state index is 0.0137. The molecular weight excluding hydrogens is 456 g/mol. The lowest BCUT2D eigenvalue weighted by molar-refractivity contribution is 0.0699. The molecule has 1 amide bonds. The van der Waals surface area contributed by atoms with Crippen molar-refractivity contribution in [3.63, 3.8) is 0 Å². The Kier molecular flexibility index (Phi) is 7.38. The van der Waals surface area contributed by atoms with Gasteiger partial charge >= 0.3 is 0 Å². The van der Waals surface area contributed by atoms with E-state index in [9.17, 15) is 9.90 Å². The van der Waals surface area contributed by atoms with Crippen molar-refractivity contribution in [3.05, 3.63) is 41.6 Å². The van der Waals surface area contributed by atoms with E-state index in [2.05, 4.69) is 21.0 Å². The number of amides is 1. The van der Waals surface area contributed by atoms with E-state index in [0.717, 1.165) is 80.0 Å². The Hall–Kier alpha value is -3.17. The summed E-state index contributed by atoms with van der Waals surface area (Å²) >= 11 is 0. The van der Waals surface area contributed by atoms with Crippen molar-refractivity contribution in [1.29, 1.82) is 0 Å². The first-order chi connectivity index (χ1) is 17.6. The number of ether oxygens (including phenoxy) is 1. The molecule has 1 saturated carbocycles. The molecule has 3 heterocycles. The molecule has 5 rings (SSSR count). The minimum Gasteiger partial charge on any atom is -0.394 e. The van der Waals surface area contributed by atoms with Crippen molar-refractivity contribution >= 4 is 23.2 Å².